The quantitative estimate of drug-likeness (QED) is 0.409. The van der Waals surface area contributed by atoms with Crippen LogP contribution in [-0.4, -0.2) is 55.0 Å². The second kappa shape index (κ2) is 9.13. The molecule has 0 aliphatic rings. The summed E-state index contributed by atoms with van der Waals surface area (Å²) in [4.78, 5) is 21.5. The van der Waals surface area contributed by atoms with Gasteiger partial charge in [-0.3, -0.25) is 4.79 Å². The Morgan fingerprint density at radius 3 is 2.81 bits per heavy atom. The van der Waals surface area contributed by atoms with Crippen LogP contribution in [0.5, 0.6) is 5.75 Å². The number of imidazole rings is 1. The van der Waals surface area contributed by atoms with E-state index < -0.39 is 6.10 Å². The van der Waals surface area contributed by atoms with Crippen molar-refractivity contribution in [3.63, 3.8) is 0 Å². The van der Waals surface area contributed by atoms with Crippen LogP contribution < -0.4 is 10.1 Å². The van der Waals surface area contributed by atoms with Gasteiger partial charge in [-0.15, -0.1) is 0 Å². The van der Waals surface area contributed by atoms with Crippen molar-refractivity contribution in [2.75, 3.05) is 18.5 Å². The zero-order valence-electron chi connectivity index (χ0n) is 17.7. The second-order valence-corrected chi connectivity index (χ2v) is 7.43. The van der Waals surface area contributed by atoms with E-state index in [0.717, 1.165) is 16.8 Å². The monoisotopic (exact) mass is 433 g/mol. The minimum atomic E-state index is -0.952. The Morgan fingerprint density at radius 1 is 1.19 bits per heavy atom. The number of benzene rings is 1. The SMILES string of the molecule is Cc1cc(C)nc(NC(=O)c2cnc3ccc(-c4cccc(OC[C@H](O)CO)c4)nn23)c1. The number of pyridine rings is 1. The third-order valence-corrected chi connectivity index (χ3v) is 4.72. The third kappa shape index (κ3) is 4.74. The highest BCUT2D eigenvalue weighted by atomic mass is 16.5. The lowest BCUT2D eigenvalue weighted by Gasteiger charge is -2.11. The molecule has 3 heterocycles. The van der Waals surface area contributed by atoms with Gasteiger partial charge in [0.1, 0.15) is 24.3 Å². The van der Waals surface area contributed by atoms with Crippen molar-refractivity contribution in [3.05, 3.63) is 71.7 Å². The van der Waals surface area contributed by atoms with Crippen LogP contribution >= 0.6 is 0 Å². The van der Waals surface area contributed by atoms with Crippen LogP contribution in [0.1, 0.15) is 21.7 Å². The molecule has 9 nitrogen and oxygen atoms in total. The number of anilines is 1. The van der Waals surface area contributed by atoms with Gasteiger partial charge < -0.3 is 20.3 Å². The average Bonchev–Trinajstić information content (AvgIpc) is 3.20. The molecule has 0 radical (unpaired) electrons. The lowest BCUT2D eigenvalue weighted by atomic mass is 10.1. The molecule has 4 aromatic rings. The first-order valence-corrected chi connectivity index (χ1v) is 10.1. The average molecular weight is 433 g/mol. The normalized spacial score (nSPS) is 12.0. The number of aliphatic hydroxyl groups is 2. The lowest BCUT2D eigenvalue weighted by Crippen LogP contribution is -2.21. The smallest absolute Gasteiger partial charge is 0.277 e. The van der Waals surface area contributed by atoms with Crippen molar-refractivity contribution in [2.45, 2.75) is 20.0 Å². The largest absolute Gasteiger partial charge is 0.491 e. The maximum atomic E-state index is 12.9. The molecule has 0 bridgehead atoms. The lowest BCUT2D eigenvalue weighted by molar-refractivity contribution is 0.0536. The Morgan fingerprint density at radius 2 is 2.03 bits per heavy atom. The summed E-state index contributed by atoms with van der Waals surface area (Å²) in [6, 6.07) is 14.5. The van der Waals surface area contributed by atoms with Crippen LogP contribution in [0.15, 0.2) is 54.7 Å². The number of carbonyl (C=O) groups excluding carboxylic acids is 1. The minimum absolute atomic E-state index is 0.0231. The molecule has 3 aromatic heterocycles. The number of hydrogen-bond donors (Lipinski definition) is 3. The van der Waals surface area contributed by atoms with Crippen LogP contribution in [0.2, 0.25) is 0 Å². The van der Waals surface area contributed by atoms with Crippen LogP contribution in [0, 0.1) is 13.8 Å². The van der Waals surface area contributed by atoms with Gasteiger partial charge in [0.2, 0.25) is 0 Å². The summed E-state index contributed by atoms with van der Waals surface area (Å²) in [7, 11) is 0. The molecule has 164 valence electrons. The minimum Gasteiger partial charge on any atom is -0.491 e. The number of nitrogens with zero attached hydrogens (tertiary/aromatic N) is 4. The zero-order chi connectivity index (χ0) is 22.7. The summed E-state index contributed by atoms with van der Waals surface area (Å²) in [5, 5.41) is 25.8. The summed E-state index contributed by atoms with van der Waals surface area (Å²) in [6.45, 7) is 3.41. The molecule has 0 saturated heterocycles. The van der Waals surface area contributed by atoms with Crippen LogP contribution in [0.4, 0.5) is 5.82 Å². The molecule has 0 unspecified atom stereocenters. The molecule has 0 aliphatic heterocycles. The van der Waals surface area contributed by atoms with Gasteiger partial charge in [0, 0.05) is 11.3 Å². The molecule has 0 spiro atoms. The number of rotatable bonds is 7. The number of hydrogen-bond acceptors (Lipinski definition) is 7. The third-order valence-electron chi connectivity index (χ3n) is 4.72. The molecule has 1 atom stereocenters. The molecule has 0 saturated carbocycles. The van der Waals surface area contributed by atoms with Gasteiger partial charge in [0.05, 0.1) is 18.5 Å². The Kier molecular flexibility index (Phi) is 6.11. The topological polar surface area (TPSA) is 122 Å². The summed E-state index contributed by atoms with van der Waals surface area (Å²) in [6.07, 6.45) is 0.520. The van der Waals surface area contributed by atoms with E-state index in [2.05, 4.69) is 20.4 Å². The molecule has 1 amide bonds. The molecule has 0 fully saturated rings. The fourth-order valence-corrected chi connectivity index (χ4v) is 3.26. The van der Waals surface area contributed by atoms with Gasteiger partial charge in [0.25, 0.3) is 5.91 Å². The summed E-state index contributed by atoms with van der Waals surface area (Å²) in [5.41, 5.74) is 4.00. The van der Waals surface area contributed by atoms with E-state index >= 15 is 0 Å². The predicted molar refractivity (Wildman–Crippen MR) is 119 cm³/mol. The number of nitrogens with one attached hydrogen (secondary N) is 1. The van der Waals surface area contributed by atoms with E-state index in [1.54, 1.807) is 36.4 Å². The fourth-order valence-electron chi connectivity index (χ4n) is 3.26. The van der Waals surface area contributed by atoms with E-state index in [-0.39, 0.29) is 24.8 Å². The number of aryl methyl sites for hydroxylation is 2. The van der Waals surface area contributed by atoms with Crippen molar-refractivity contribution in [1.82, 2.24) is 19.6 Å². The predicted octanol–water partition coefficient (Wildman–Crippen LogP) is 2.39. The first kappa shape index (κ1) is 21.4. The molecule has 32 heavy (non-hydrogen) atoms. The number of fused-ring (bicyclic) bond motifs is 1. The summed E-state index contributed by atoms with van der Waals surface area (Å²) >= 11 is 0. The maximum absolute atomic E-state index is 12.9. The Hall–Kier alpha value is -3.82. The number of aliphatic hydroxyl groups excluding tert-OH is 2. The van der Waals surface area contributed by atoms with Crippen LogP contribution in [0.3, 0.4) is 0 Å². The molecular formula is C23H23N5O4. The molecule has 0 aliphatic carbocycles. The summed E-state index contributed by atoms with van der Waals surface area (Å²) in [5.74, 6) is 0.629. The zero-order valence-corrected chi connectivity index (χ0v) is 17.7. The number of amides is 1. The molecular weight excluding hydrogens is 410 g/mol. The van der Waals surface area contributed by atoms with E-state index in [1.807, 2.05) is 26.0 Å². The van der Waals surface area contributed by atoms with Gasteiger partial charge in [0.15, 0.2) is 11.3 Å². The first-order valence-electron chi connectivity index (χ1n) is 10.1. The highest BCUT2D eigenvalue weighted by molar-refractivity contribution is 6.02. The van der Waals surface area contributed by atoms with E-state index in [4.69, 9.17) is 9.84 Å². The van der Waals surface area contributed by atoms with Crippen molar-refractivity contribution < 1.29 is 19.7 Å². The summed E-state index contributed by atoms with van der Waals surface area (Å²) < 4.78 is 7.00. The van der Waals surface area contributed by atoms with Gasteiger partial charge in [-0.1, -0.05) is 12.1 Å². The highest BCUT2D eigenvalue weighted by Gasteiger charge is 2.15. The van der Waals surface area contributed by atoms with E-state index in [0.29, 0.717) is 22.9 Å². The molecule has 9 heteroatoms. The van der Waals surface area contributed by atoms with E-state index in [9.17, 15) is 9.90 Å². The Balaban J connectivity index is 1.61. The fraction of sp³-hybridized carbons (Fsp3) is 0.217. The van der Waals surface area contributed by atoms with Crippen molar-refractivity contribution in [2.24, 2.45) is 0 Å². The highest BCUT2D eigenvalue weighted by Crippen LogP contribution is 2.23. The van der Waals surface area contributed by atoms with Crippen molar-refractivity contribution >= 4 is 17.4 Å². The molecule has 3 N–H and O–H groups in total. The van der Waals surface area contributed by atoms with Gasteiger partial charge in [-0.05, 0) is 55.8 Å². The van der Waals surface area contributed by atoms with Crippen LogP contribution in [-0.2, 0) is 0 Å². The van der Waals surface area contributed by atoms with Gasteiger partial charge in [-0.25, -0.2) is 14.5 Å². The van der Waals surface area contributed by atoms with Crippen LogP contribution in [0.25, 0.3) is 16.9 Å². The number of ether oxygens (including phenoxy) is 1. The van der Waals surface area contributed by atoms with Gasteiger partial charge >= 0.3 is 0 Å². The number of carbonyl (C=O) groups is 1. The second-order valence-electron chi connectivity index (χ2n) is 7.43. The van der Waals surface area contributed by atoms with E-state index in [1.165, 1.54) is 10.7 Å². The first-order chi connectivity index (χ1) is 15.4. The molecule has 4 rings (SSSR count). The van der Waals surface area contributed by atoms with Crippen molar-refractivity contribution in [3.8, 4) is 17.0 Å². The Labute approximate surface area is 184 Å². The maximum Gasteiger partial charge on any atom is 0.277 e. The molecule has 1 aromatic carbocycles. The van der Waals surface area contributed by atoms with Gasteiger partial charge in [-0.2, -0.15) is 5.10 Å². The standard InChI is InChI=1S/C23H23N5O4/c1-14-8-15(2)25-21(9-14)26-23(31)20-11-24-22-7-6-19(27-28(20)22)16-4-3-5-18(10-16)32-13-17(30)12-29/h3-11,17,29-30H,12-13H2,1-2H3,(H,25,26,31)/t17-/m1/s1. The van der Waals surface area contributed by atoms with Crippen molar-refractivity contribution in [1.29, 1.82) is 0 Å². The number of aromatic nitrogens is 4. The Bertz CT molecular complexity index is 1250.